The molecule has 1 aliphatic rings. The molecule has 9 heteroatoms. The molecule has 3 aromatic rings. The maximum atomic E-state index is 12.8. The number of nitrogens with one attached hydrogen (secondary N) is 1. The van der Waals surface area contributed by atoms with Crippen LogP contribution in [0, 0.1) is 0 Å². The smallest absolute Gasteiger partial charge is 0.338 e. The lowest BCUT2D eigenvalue weighted by molar-refractivity contribution is -0.124. The number of carbonyl (C=O) groups is 4. The molecule has 2 heterocycles. The van der Waals surface area contributed by atoms with Gasteiger partial charge < -0.3 is 10.1 Å². The van der Waals surface area contributed by atoms with Crippen molar-refractivity contribution in [2.24, 2.45) is 0 Å². The second kappa shape index (κ2) is 8.94. The Kier molecular flexibility index (Phi) is 6.07. The monoisotopic (exact) mass is 468 g/mol. The SMILES string of the molecule is CC(NC(=O)COC(=O)c1ccc2c(c1)C(=O)N(c1ccc(Cl)cc1)C2=O)c1cccs1. The number of imide groups is 1. The average molecular weight is 469 g/mol. The zero-order chi connectivity index (χ0) is 22.8. The zero-order valence-electron chi connectivity index (χ0n) is 16.8. The minimum Gasteiger partial charge on any atom is -0.452 e. The number of nitrogens with zero attached hydrogens (tertiary/aromatic N) is 1. The van der Waals surface area contributed by atoms with E-state index >= 15 is 0 Å². The van der Waals surface area contributed by atoms with Crippen molar-refractivity contribution in [2.75, 3.05) is 11.5 Å². The Balaban J connectivity index is 1.43. The van der Waals surface area contributed by atoms with Crippen molar-refractivity contribution < 1.29 is 23.9 Å². The van der Waals surface area contributed by atoms with E-state index in [1.165, 1.54) is 29.5 Å². The summed E-state index contributed by atoms with van der Waals surface area (Å²) in [5, 5.41) is 5.14. The molecule has 1 N–H and O–H groups in total. The molecule has 1 unspecified atom stereocenters. The van der Waals surface area contributed by atoms with E-state index in [0.717, 1.165) is 9.78 Å². The lowest BCUT2D eigenvalue weighted by Gasteiger charge is -2.13. The molecule has 2 aromatic carbocycles. The summed E-state index contributed by atoms with van der Waals surface area (Å²) in [4.78, 5) is 52.0. The maximum absolute atomic E-state index is 12.8. The number of halogens is 1. The third kappa shape index (κ3) is 4.28. The van der Waals surface area contributed by atoms with E-state index in [9.17, 15) is 19.2 Å². The first-order valence-corrected chi connectivity index (χ1v) is 10.9. The molecule has 0 saturated heterocycles. The van der Waals surface area contributed by atoms with Gasteiger partial charge in [0.1, 0.15) is 0 Å². The molecule has 0 fully saturated rings. The van der Waals surface area contributed by atoms with Crippen molar-refractivity contribution in [2.45, 2.75) is 13.0 Å². The summed E-state index contributed by atoms with van der Waals surface area (Å²) < 4.78 is 5.08. The zero-order valence-corrected chi connectivity index (χ0v) is 18.4. The minimum atomic E-state index is -0.767. The second-order valence-electron chi connectivity index (χ2n) is 7.06. The summed E-state index contributed by atoms with van der Waals surface area (Å²) in [5.41, 5.74) is 0.724. The standard InChI is InChI=1S/C23H17ClN2O5S/c1-13(19-3-2-10-32-19)25-20(27)12-31-23(30)14-4-9-17-18(11-14)22(29)26(21(17)28)16-7-5-15(24)6-8-16/h2-11,13H,12H2,1H3,(H,25,27). The van der Waals surface area contributed by atoms with Gasteiger partial charge in [-0.05, 0) is 60.8 Å². The van der Waals surface area contributed by atoms with Crippen molar-refractivity contribution in [3.63, 3.8) is 0 Å². The molecule has 3 amide bonds. The van der Waals surface area contributed by atoms with Gasteiger partial charge in [0, 0.05) is 9.90 Å². The highest BCUT2D eigenvalue weighted by Gasteiger charge is 2.37. The molecule has 0 radical (unpaired) electrons. The lowest BCUT2D eigenvalue weighted by Crippen LogP contribution is -2.30. The fraction of sp³-hybridized carbons (Fsp3) is 0.130. The van der Waals surface area contributed by atoms with Gasteiger partial charge in [-0.3, -0.25) is 14.4 Å². The highest BCUT2D eigenvalue weighted by molar-refractivity contribution is 7.10. The molecule has 32 heavy (non-hydrogen) atoms. The molecule has 4 rings (SSSR count). The van der Waals surface area contributed by atoms with Gasteiger partial charge in [-0.2, -0.15) is 0 Å². The molecule has 1 aliphatic heterocycles. The molecule has 0 aliphatic carbocycles. The highest BCUT2D eigenvalue weighted by atomic mass is 35.5. The Morgan fingerprint density at radius 3 is 2.47 bits per heavy atom. The first kappa shape index (κ1) is 21.7. The summed E-state index contributed by atoms with van der Waals surface area (Å²) in [6, 6.07) is 14.0. The summed E-state index contributed by atoms with van der Waals surface area (Å²) >= 11 is 7.39. The Morgan fingerprint density at radius 2 is 1.78 bits per heavy atom. The minimum absolute atomic E-state index is 0.0713. The lowest BCUT2D eigenvalue weighted by atomic mass is 10.1. The van der Waals surface area contributed by atoms with E-state index in [0.29, 0.717) is 10.7 Å². The number of esters is 1. The maximum Gasteiger partial charge on any atom is 0.338 e. The molecule has 162 valence electrons. The molecule has 0 spiro atoms. The molecule has 0 saturated carbocycles. The number of amides is 3. The van der Waals surface area contributed by atoms with Gasteiger partial charge in [-0.1, -0.05) is 17.7 Å². The normalized spacial score (nSPS) is 13.6. The van der Waals surface area contributed by atoms with Crippen LogP contribution in [0.25, 0.3) is 0 Å². The van der Waals surface area contributed by atoms with Crippen LogP contribution < -0.4 is 10.2 Å². The quantitative estimate of drug-likeness (QED) is 0.431. The topological polar surface area (TPSA) is 92.8 Å². The van der Waals surface area contributed by atoms with Crippen LogP contribution in [0.1, 0.15) is 48.9 Å². The van der Waals surface area contributed by atoms with Crippen LogP contribution in [0.4, 0.5) is 5.69 Å². The number of ether oxygens (including phenoxy) is 1. The van der Waals surface area contributed by atoms with Gasteiger partial charge in [-0.15, -0.1) is 11.3 Å². The van der Waals surface area contributed by atoms with E-state index in [2.05, 4.69) is 5.32 Å². The van der Waals surface area contributed by atoms with Crippen molar-refractivity contribution in [3.8, 4) is 0 Å². The predicted molar refractivity (Wildman–Crippen MR) is 120 cm³/mol. The molecule has 1 atom stereocenters. The Bertz CT molecular complexity index is 1210. The van der Waals surface area contributed by atoms with Gasteiger partial charge in [-0.25, -0.2) is 9.69 Å². The second-order valence-corrected chi connectivity index (χ2v) is 8.48. The van der Waals surface area contributed by atoms with Crippen LogP contribution in [0.15, 0.2) is 60.0 Å². The van der Waals surface area contributed by atoms with Crippen LogP contribution in [0.3, 0.4) is 0 Å². The summed E-state index contributed by atoms with van der Waals surface area (Å²) in [6.45, 7) is 1.37. The Hall–Kier alpha value is -3.49. The molecular formula is C23H17ClN2O5S. The van der Waals surface area contributed by atoms with Crippen molar-refractivity contribution in [3.05, 3.63) is 86.6 Å². The number of anilines is 1. The summed E-state index contributed by atoms with van der Waals surface area (Å²) in [5.74, 6) is -2.25. The number of carbonyl (C=O) groups excluding carboxylic acids is 4. The van der Waals surface area contributed by atoms with Gasteiger partial charge in [0.05, 0.1) is 28.4 Å². The molecule has 1 aromatic heterocycles. The van der Waals surface area contributed by atoms with Gasteiger partial charge in [0.2, 0.25) is 0 Å². The Morgan fingerprint density at radius 1 is 1.06 bits per heavy atom. The van der Waals surface area contributed by atoms with E-state index < -0.39 is 30.3 Å². The third-order valence-corrected chi connectivity index (χ3v) is 6.20. The van der Waals surface area contributed by atoms with Crippen LogP contribution in [-0.2, 0) is 9.53 Å². The molecule has 7 nitrogen and oxygen atoms in total. The van der Waals surface area contributed by atoms with Crippen LogP contribution >= 0.6 is 22.9 Å². The largest absolute Gasteiger partial charge is 0.452 e. The summed E-state index contributed by atoms with van der Waals surface area (Å²) in [6.07, 6.45) is 0. The predicted octanol–water partition coefficient (Wildman–Crippen LogP) is 4.24. The van der Waals surface area contributed by atoms with Crippen LogP contribution in [0.5, 0.6) is 0 Å². The number of thiophene rings is 1. The number of fused-ring (bicyclic) bond motifs is 1. The number of rotatable bonds is 6. The fourth-order valence-electron chi connectivity index (χ4n) is 3.30. The summed E-state index contributed by atoms with van der Waals surface area (Å²) in [7, 11) is 0. The number of benzene rings is 2. The van der Waals surface area contributed by atoms with E-state index in [1.54, 1.807) is 24.3 Å². The Labute approximate surface area is 192 Å². The number of hydrogen-bond donors (Lipinski definition) is 1. The highest BCUT2D eigenvalue weighted by Crippen LogP contribution is 2.30. The van der Waals surface area contributed by atoms with Gasteiger partial charge in [0.25, 0.3) is 17.7 Å². The average Bonchev–Trinajstić information content (AvgIpc) is 3.40. The van der Waals surface area contributed by atoms with E-state index in [1.807, 2.05) is 24.4 Å². The van der Waals surface area contributed by atoms with E-state index in [-0.39, 0.29) is 22.7 Å². The van der Waals surface area contributed by atoms with Gasteiger partial charge in [0.15, 0.2) is 6.61 Å². The third-order valence-electron chi connectivity index (χ3n) is 4.89. The first-order valence-electron chi connectivity index (χ1n) is 9.63. The first-order chi connectivity index (χ1) is 15.3. The fourth-order valence-corrected chi connectivity index (χ4v) is 4.16. The number of hydrogen-bond acceptors (Lipinski definition) is 6. The molecular weight excluding hydrogens is 452 g/mol. The van der Waals surface area contributed by atoms with Crippen LogP contribution in [-0.4, -0.2) is 30.3 Å². The van der Waals surface area contributed by atoms with Crippen molar-refractivity contribution >= 4 is 52.3 Å². The van der Waals surface area contributed by atoms with Gasteiger partial charge >= 0.3 is 5.97 Å². The van der Waals surface area contributed by atoms with E-state index in [4.69, 9.17) is 16.3 Å². The van der Waals surface area contributed by atoms with Crippen LogP contribution in [0.2, 0.25) is 5.02 Å². The van der Waals surface area contributed by atoms with Crippen molar-refractivity contribution in [1.82, 2.24) is 5.32 Å². The molecule has 0 bridgehead atoms. The van der Waals surface area contributed by atoms with Crippen molar-refractivity contribution in [1.29, 1.82) is 0 Å².